The number of fused-ring (bicyclic) bond motifs is 1. The number of benzene rings is 3. The Morgan fingerprint density at radius 1 is 1.00 bits per heavy atom. The molecule has 0 saturated carbocycles. The molecular formula is C28H22N4O3S. The van der Waals surface area contributed by atoms with Crippen LogP contribution in [0.3, 0.4) is 0 Å². The fourth-order valence-corrected chi connectivity index (χ4v) is 5.68. The van der Waals surface area contributed by atoms with Crippen molar-refractivity contribution in [1.29, 1.82) is 0 Å². The van der Waals surface area contributed by atoms with Gasteiger partial charge in [-0.15, -0.1) is 0 Å². The van der Waals surface area contributed by atoms with Crippen molar-refractivity contribution < 1.29 is 8.42 Å². The number of hydrogen-bond donors (Lipinski definition) is 0. The molecule has 0 unspecified atom stereocenters. The molecule has 5 aromatic rings. The molecule has 0 bridgehead atoms. The Bertz CT molecular complexity index is 1830. The van der Waals surface area contributed by atoms with E-state index in [4.69, 9.17) is 6.57 Å². The molecule has 178 valence electrons. The van der Waals surface area contributed by atoms with Crippen molar-refractivity contribution in [3.05, 3.63) is 118 Å². The van der Waals surface area contributed by atoms with Gasteiger partial charge in [0.1, 0.15) is 0 Å². The minimum Gasteiger partial charge on any atom is -0.317 e. The molecule has 2 heterocycles. The van der Waals surface area contributed by atoms with Crippen molar-refractivity contribution in [2.75, 3.05) is 0 Å². The summed E-state index contributed by atoms with van der Waals surface area (Å²) in [5, 5.41) is 0.739. The first kappa shape index (κ1) is 23.3. The molecular weight excluding hydrogens is 472 g/mol. The zero-order valence-electron chi connectivity index (χ0n) is 19.7. The predicted molar refractivity (Wildman–Crippen MR) is 139 cm³/mol. The molecule has 0 atom stereocenters. The van der Waals surface area contributed by atoms with E-state index in [-0.39, 0.29) is 15.5 Å². The molecule has 0 aliphatic rings. The summed E-state index contributed by atoms with van der Waals surface area (Å²) in [5.74, 6) is 0. The van der Waals surface area contributed by atoms with E-state index >= 15 is 0 Å². The number of aryl methyl sites for hydroxylation is 2. The average molecular weight is 495 g/mol. The smallest absolute Gasteiger partial charge is 0.251 e. The van der Waals surface area contributed by atoms with E-state index in [0.717, 1.165) is 16.7 Å². The number of aromatic nitrogens is 3. The van der Waals surface area contributed by atoms with E-state index in [9.17, 15) is 13.2 Å². The molecule has 36 heavy (non-hydrogen) atoms. The Morgan fingerprint density at radius 3 is 2.50 bits per heavy atom. The first-order chi connectivity index (χ1) is 17.3. The lowest BCUT2D eigenvalue weighted by Crippen LogP contribution is -2.17. The molecule has 0 saturated heterocycles. The first-order valence-corrected chi connectivity index (χ1v) is 12.7. The van der Waals surface area contributed by atoms with Crippen LogP contribution in [0.25, 0.3) is 26.9 Å². The van der Waals surface area contributed by atoms with Crippen LogP contribution in [0.15, 0.2) is 100 Å². The number of sulfone groups is 1. The SMILES string of the molecule is [C-]#[N+]c1ccc(Cn2cncc2S(=O)(=O)c2ccc3c(c2)c(-c2cccc(C)c2)cc(=O)n3C)cc1. The minimum atomic E-state index is -3.92. The van der Waals surface area contributed by atoms with Crippen molar-refractivity contribution in [2.45, 2.75) is 23.4 Å². The summed E-state index contributed by atoms with van der Waals surface area (Å²) in [6.07, 6.45) is 2.83. The second-order valence-electron chi connectivity index (χ2n) is 8.65. The summed E-state index contributed by atoms with van der Waals surface area (Å²) >= 11 is 0. The molecule has 0 fully saturated rings. The maximum absolute atomic E-state index is 13.7. The van der Waals surface area contributed by atoms with Gasteiger partial charge in [0.25, 0.3) is 5.56 Å². The standard InChI is InChI=1S/C28H22N4O3S/c1-19-5-4-6-21(13-19)24-15-27(33)31(3)26-12-11-23(14-25(24)26)36(34,35)28-16-30-18-32(28)17-20-7-9-22(29-2)10-8-20/h4-16,18H,17H2,1,3H3. The molecule has 2 aromatic heterocycles. The summed E-state index contributed by atoms with van der Waals surface area (Å²) in [6, 6.07) is 21.2. The fraction of sp³-hybridized carbons (Fsp3) is 0.107. The van der Waals surface area contributed by atoms with Crippen molar-refractivity contribution in [3.63, 3.8) is 0 Å². The van der Waals surface area contributed by atoms with E-state index in [1.807, 2.05) is 31.2 Å². The third-order valence-electron chi connectivity index (χ3n) is 6.23. The normalized spacial score (nSPS) is 11.5. The van der Waals surface area contributed by atoms with Gasteiger partial charge in [-0.05, 0) is 41.8 Å². The van der Waals surface area contributed by atoms with Crippen LogP contribution in [0.5, 0.6) is 0 Å². The molecule has 0 N–H and O–H groups in total. The fourth-order valence-electron chi connectivity index (χ4n) is 4.30. The van der Waals surface area contributed by atoms with Crippen LogP contribution in [0.2, 0.25) is 0 Å². The van der Waals surface area contributed by atoms with Crippen LogP contribution < -0.4 is 5.56 Å². The van der Waals surface area contributed by atoms with Gasteiger partial charge in [-0.1, -0.05) is 54.1 Å². The monoisotopic (exact) mass is 494 g/mol. The van der Waals surface area contributed by atoms with Crippen molar-refractivity contribution >= 4 is 26.4 Å². The summed E-state index contributed by atoms with van der Waals surface area (Å²) in [7, 11) is -2.24. The van der Waals surface area contributed by atoms with E-state index in [1.165, 1.54) is 23.2 Å². The highest BCUT2D eigenvalue weighted by atomic mass is 32.2. The summed E-state index contributed by atoms with van der Waals surface area (Å²) in [6.45, 7) is 9.36. The first-order valence-electron chi connectivity index (χ1n) is 11.2. The lowest BCUT2D eigenvalue weighted by atomic mass is 9.99. The van der Waals surface area contributed by atoms with Crippen molar-refractivity contribution in [1.82, 2.24) is 14.1 Å². The maximum Gasteiger partial charge on any atom is 0.251 e. The molecule has 0 amide bonds. The number of rotatable bonds is 5. The van der Waals surface area contributed by atoms with Gasteiger partial charge in [-0.2, -0.15) is 0 Å². The van der Waals surface area contributed by atoms with Crippen molar-refractivity contribution in [3.8, 4) is 11.1 Å². The van der Waals surface area contributed by atoms with E-state index in [1.54, 1.807) is 54.1 Å². The Kier molecular flexibility index (Phi) is 5.78. The Balaban J connectivity index is 1.63. The van der Waals surface area contributed by atoms with Crippen LogP contribution in [-0.2, 0) is 23.4 Å². The number of hydrogen-bond acceptors (Lipinski definition) is 4. The third-order valence-corrected chi connectivity index (χ3v) is 7.99. The van der Waals surface area contributed by atoms with Crippen LogP contribution in [0.4, 0.5) is 5.69 Å². The molecule has 5 rings (SSSR count). The highest BCUT2D eigenvalue weighted by Gasteiger charge is 2.24. The lowest BCUT2D eigenvalue weighted by Gasteiger charge is -2.14. The second kappa shape index (κ2) is 8.95. The van der Waals surface area contributed by atoms with Crippen LogP contribution in [0, 0.1) is 13.5 Å². The topological polar surface area (TPSA) is 78.3 Å². The van der Waals surface area contributed by atoms with Gasteiger partial charge in [0.15, 0.2) is 10.7 Å². The average Bonchev–Trinajstić information content (AvgIpc) is 3.35. The molecule has 7 nitrogen and oxygen atoms in total. The zero-order chi connectivity index (χ0) is 25.4. The van der Waals surface area contributed by atoms with Crippen molar-refractivity contribution in [2.24, 2.45) is 7.05 Å². The van der Waals surface area contributed by atoms with Gasteiger partial charge in [0.05, 0.1) is 29.5 Å². The lowest BCUT2D eigenvalue weighted by molar-refractivity contribution is 0.581. The van der Waals surface area contributed by atoms with E-state index < -0.39 is 9.84 Å². The summed E-state index contributed by atoms with van der Waals surface area (Å²) in [5.41, 5.74) is 4.42. The quantitative estimate of drug-likeness (QED) is 0.317. The Morgan fingerprint density at radius 2 is 1.78 bits per heavy atom. The molecule has 0 aliphatic heterocycles. The Labute approximate surface area is 208 Å². The highest BCUT2D eigenvalue weighted by Crippen LogP contribution is 2.31. The van der Waals surface area contributed by atoms with E-state index in [2.05, 4.69) is 9.83 Å². The summed E-state index contributed by atoms with van der Waals surface area (Å²) < 4.78 is 30.6. The largest absolute Gasteiger partial charge is 0.317 e. The van der Waals surface area contributed by atoms with Gasteiger partial charge < -0.3 is 9.13 Å². The molecule has 0 spiro atoms. The van der Waals surface area contributed by atoms with Gasteiger partial charge in [-0.3, -0.25) is 4.79 Å². The maximum atomic E-state index is 13.7. The third kappa shape index (κ3) is 4.10. The van der Waals surface area contributed by atoms with Crippen LogP contribution >= 0.6 is 0 Å². The predicted octanol–water partition coefficient (Wildman–Crippen LogP) is 5.14. The van der Waals surface area contributed by atoms with Crippen LogP contribution in [0.1, 0.15) is 11.1 Å². The second-order valence-corrected chi connectivity index (χ2v) is 10.5. The summed E-state index contributed by atoms with van der Waals surface area (Å²) in [4.78, 5) is 20.3. The molecule has 3 aromatic carbocycles. The number of imidazole rings is 1. The minimum absolute atomic E-state index is 0.0676. The van der Waals surface area contributed by atoms with Gasteiger partial charge in [-0.25, -0.2) is 18.2 Å². The van der Waals surface area contributed by atoms with Gasteiger partial charge >= 0.3 is 0 Å². The Hall–Kier alpha value is -4.48. The van der Waals surface area contributed by atoms with Gasteiger partial charge in [0.2, 0.25) is 9.84 Å². The molecule has 0 aliphatic carbocycles. The molecule has 8 heteroatoms. The molecule has 0 radical (unpaired) electrons. The number of nitrogens with zero attached hydrogens (tertiary/aromatic N) is 4. The van der Waals surface area contributed by atoms with Crippen LogP contribution in [-0.4, -0.2) is 22.5 Å². The number of pyridine rings is 1. The van der Waals surface area contributed by atoms with E-state index in [0.29, 0.717) is 28.7 Å². The highest BCUT2D eigenvalue weighted by molar-refractivity contribution is 7.91. The van der Waals surface area contributed by atoms with Gasteiger partial charge in [0, 0.05) is 25.0 Å². The zero-order valence-corrected chi connectivity index (χ0v) is 20.5.